The lowest BCUT2D eigenvalue weighted by atomic mass is 10.0. The summed E-state index contributed by atoms with van der Waals surface area (Å²) in [6, 6.07) is 6.46. The molecule has 6 heteroatoms. The number of anilines is 1. The van der Waals surface area contributed by atoms with Gasteiger partial charge in [-0.15, -0.1) is 0 Å². The standard InChI is InChI=1S/C12H16F2N2OS/c1-12(2,15)7-10(17)16-8-5-3-4-6-9(8)18-11(13)14/h3-6,11H,7,15H2,1-2H3,(H,16,17). The van der Waals surface area contributed by atoms with Crippen LogP contribution < -0.4 is 11.1 Å². The van der Waals surface area contributed by atoms with Crippen LogP contribution in [-0.4, -0.2) is 17.2 Å². The zero-order chi connectivity index (χ0) is 13.8. The predicted octanol–water partition coefficient (Wildman–Crippen LogP) is 3.07. The van der Waals surface area contributed by atoms with E-state index in [2.05, 4.69) is 5.32 Å². The van der Waals surface area contributed by atoms with Gasteiger partial charge in [-0.2, -0.15) is 8.78 Å². The molecule has 1 amide bonds. The number of para-hydroxylation sites is 1. The van der Waals surface area contributed by atoms with Crippen LogP contribution >= 0.6 is 11.8 Å². The maximum absolute atomic E-state index is 12.3. The summed E-state index contributed by atoms with van der Waals surface area (Å²) in [5, 5.41) is 2.60. The number of carbonyl (C=O) groups excluding carboxylic acids is 1. The first kappa shape index (κ1) is 14.9. The number of carbonyl (C=O) groups is 1. The van der Waals surface area contributed by atoms with Gasteiger partial charge < -0.3 is 11.1 Å². The Labute approximate surface area is 109 Å². The van der Waals surface area contributed by atoms with Crippen molar-refractivity contribution in [2.75, 3.05) is 5.32 Å². The van der Waals surface area contributed by atoms with E-state index in [1.54, 1.807) is 38.1 Å². The Morgan fingerprint density at radius 2 is 2.06 bits per heavy atom. The number of thioether (sulfide) groups is 1. The Morgan fingerprint density at radius 1 is 1.44 bits per heavy atom. The number of halogens is 2. The number of hydrogen-bond acceptors (Lipinski definition) is 3. The average molecular weight is 274 g/mol. The van der Waals surface area contributed by atoms with Gasteiger partial charge in [0.05, 0.1) is 5.69 Å². The summed E-state index contributed by atoms with van der Waals surface area (Å²) in [5.74, 6) is -2.81. The lowest BCUT2D eigenvalue weighted by Gasteiger charge is -2.18. The van der Waals surface area contributed by atoms with Crippen LogP contribution in [-0.2, 0) is 4.79 Å². The van der Waals surface area contributed by atoms with Crippen molar-refractivity contribution >= 4 is 23.4 Å². The minimum Gasteiger partial charge on any atom is -0.325 e. The Hall–Kier alpha value is -1.14. The van der Waals surface area contributed by atoms with Crippen molar-refractivity contribution in [3.8, 4) is 0 Å². The molecule has 0 aromatic heterocycles. The molecule has 0 radical (unpaired) electrons. The highest BCUT2D eigenvalue weighted by Gasteiger charge is 2.18. The predicted molar refractivity (Wildman–Crippen MR) is 69.8 cm³/mol. The molecule has 0 aliphatic carbocycles. The van der Waals surface area contributed by atoms with E-state index in [0.717, 1.165) is 0 Å². The lowest BCUT2D eigenvalue weighted by molar-refractivity contribution is -0.117. The van der Waals surface area contributed by atoms with E-state index in [-0.39, 0.29) is 12.3 Å². The molecule has 0 atom stereocenters. The first-order valence-corrected chi connectivity index (χ1v) is 6.28. The van der Waals surface area contributed by atoms with Crippen LogP contribution in [0.15, 0.2) is 29.2 Å². The first-order valence-electron chi connectivity index (χ1n) is 5.40. The number of benzene rings is 1. The monoisotopic (exact) mass is 274 g/mol. The highest BCUT2D eigenvalue weighted by atomic mass is 32.2. The van der Waals surface area contributed by atoms with Crippen molar-refractivity contribution in [2.24, 2.45) is 5.73 Å². The first-order chi connectivity index (χ1) is 8.28. The highest BCUT2D eigenvalue weighted by molar-refractivity contribution is 7.99. The molecule has 0 fully saturated rings. The fourth-order valence-electron chi connectivity index (χ4n) is 1.38. The van der Waals surface area contributed by atoms with Gasteiger partial charge in [0, 0.05) is 16.9 Å². The van der Waals surface area contributed by atoms with Crippen LogP contribution in [0.5, 0.6) is 0 Å². The molecule has 0 heterocycles. The van der Waals surface area contributed by atoms with E-state index in [0.29, 0.717) is 22.3 Å². The van der Waals surface area contributed by atoms with Gasteiger partial charge in [0.15, 0.2) is 0 Å². The van der Waals surface area contributed by atoms with Crippen molar-refractivity contribution in [2.45, 2.75) is 36.5 Å². The second-order valence-corrected chi connectivity index (χ2v) is 5.62. The quantitative estimate of drug-likeness (QED) is 0.811. The van der Waals surface area contributed by atoms with Crippen LogP contribution in [0, 0.1) is 0 Å². The van der Waals surface area contributed by atoms with Gasteiger partial charge >= 0.3 is 0 Å². The summed E-state index contributed by atoms with van der Waals surface area (Å²) in [6.45, 7) is 3.46. The average Bonchev–Trinajstić information content (AvgIpc) is 2.17. The zero-order valence-electron chi connectivity index (χ0n) is 10.2. The number of rotatable bonds is 5. The smallest absolute Gasteiger partial charge is 0.288 e. The summed E-state index contributed by atoms with van der Waals surface area (Å²) in [4.78, 5) is 12.0. The largest absolute Gasteiger partial charge is 0.325 e. The molecule has 0 aliphatic rings. The molecule has 1 aromatic rings. The molecule has 1 aromatic carbocycles. The van der Waals surface area contributed by atoms with E-state index < -0.39 is 11.3 Å². The fourth-order valence-corrected chi connectivity index (χ4v) is 1.97. The van der Waals surface area contributed by atoms with Gasteiger partial charge in [-0.3, -0.25) is 4.79 Å². The van der Waals surface area contributed by atoms with Gasteiger partial charge in [0.1, 0.15) is 0 Å². The number of nitrogens with two attached hydrogens (primary N) is 1. The maximum atomic E-state index is 12.3. The van der Waals surface area contributed by atoms with Crippen LogP contribution in [0.25, 0.3) is 0 Å². The van der Waals surface area contributed by atoms with Crippen molar-refractivity contribution in [3.63, 3.8) is 0 Å². The van der Waals surface area contributed by atoms with Crippen molar-refractivity contribution in [1.82, 2.24) is 0 Å². The molecule has 0 saturated heterocycles. The molecule has 100 valence electrons. The number of alkyl halides is 2. The molecule has 0 spiro atoms. The summed E-state index contributed by atoms with van der Waals surface area (Å²) in [7, 11) is 0. The van der Waals surface area contributed by atoms with E-state index in [4.69, 9.17) is 5.73 Å². The topological polar surface area (TPSA) is 55.1 Å². The van der Waals surface area contributed by atoms with Crippen molar-refractivity contribution in [1.29, 1.82) is 0 Å². The van der Waals surface area contributed by atoms with Gasteiger partial charge in [-0.25, -0.2) is 0 Å². The number of nitrogens with one attached hydrogen (secondary N) is 1. The van der Waals surface area contributed by atoms with Crippen LogP contribution in [0.4, 0.5) is 14.5 Å². The summed E-state index contributed by atoms with van der Waals surface area (Å²) >= 11 is 0.406. The molecule has 18 heavy (non-hydrogen) atoms. The second-order valence-electron chi connectivity index (χ2n) is 4.59. The molecule has 0 saturated carbocycles. The third-order valence-corrected chi connectivity index (χ3v) is 2.78. The fraction of sp³-hybridized carbons (Fsp3) is 0.417. The molecule has 0 aliphatic heterocycles. The minimum absolute atomic E-state index is 0.126. The zero-order valence-corrected chi connectivity index (χ0v) is 11.1. The van der Waals surface area contributed by atoms with E-state index in [1.807, 2.05) is 0 Å². The van der Waals surface area contributed by atoms with E-state index in [9.17, 15) is 13.6 Å². The Morgan fingerprint density at radius 3 is 2.61 bits per heavy atom. The summed E-state index contributed by atoms with van der Waals surface area (Å²) in [6.07, 6.45) is 0.126. The Kier molecular flexibility index (Phi) is 5.10. The molecular weight excluding hydrogens is 258 g/mol. The van der Waals surface area contributed by atoms with E-state index >= 15 is 0 Å². The van der Waals surface area contributed by atoms with Gasteiger partial charge in [0.2, 0.25) is 5.91 Å². The molecule has 1 rings (SSSR count). The van der Waals surface area contributed by atoms with Gasteiger partial charge in [0.25, 0.3) is 5.76 Å². The van der Waals surface area contributed by atoms with E-state index in [1.165, 1.54) is 0 Å². The second kappa shape index (κ2) is 6.15. The van der Waals surface area contributed by atoms with Crippen LogP contribution in [0.2, 0.25) is 0 Å². The van der Waals surface area contributed by atoms with Crippen LogP contribution in [0.3, 0.4) is 0 Å². The maximum Gasteiger partial charge on any atom is 0.288 e. The van der Waals surface area contributed by atoms with Crippen molar-refractivity contribution < 1.29 is 13.6 Å². The number of amides is 1. The molecule has 0 bridgehead atoms. The summed E-state index contributed by atoms with van der Waals surface area (Å²) < 4.78 is 24.7. The lowest BCUT2D eigenvalue weighted by Crippen LogP contribution is -2.36. The Bertz CT molecular complexity index is 419. The third-order valence-electron chi connectivity index (χ3n) is 1.99. The van der Waals surface area contributed by atoms with Gasteiger partial charge in [-0.05, 0) is 26.0 Å². The van der Waals surface area contributed by atoms with Gasteiger partial charge in [-0.1, -0.05) is 23.9 Å². The molecule has 3 nitrogen and oxygen atoms in total. The minimum atomic E-state index is -2.52. The molecule has 3 N–H and O–H groups in total. The highest BCUT2D eigenvalue weighted by Crippen LogP contribution is 2.31. The Balaban J connectivity index is 2.75. The van der Waals surface area contributed by atoms with Crippen molar-refractivity contribution in [3.05, 3.63) is 24.3 Å². The normalized spacial score (nSPS) is 11.7. The summed E-state index contributed by atoms with van der Waals surface area (Å²) in [5.41, 5.74) is 5.48. The van der Waals surface area contributed by atoms with Crippen LogP contribution in [0.1, 0.15) is 20.3 Å². The molecule has 0 unspecified atom stereocenters. The number of hydrogen-bond donors (Lipinski definition) is 2. The molecular formula is C12H16F2N2OS. The third kappa shape index (κ3) is 5.46. The SMILES string of the molecule is CC(C)(N)CC(=O)Nc1ccccc1SC(F)F.